The Kier molecular flexibility index (Phi) is 6.50. The van der Waals surface area contributed by atoms with Crippen LogP contribution in [0.25, 0.3) is 16.2 Å². The predicted octanol–water partition coefficient (Wildman–Crippen LogP) is 4.74. The van der Waals surface area contributed by atoms with Gasteiger partial charge in [-0.1, -0.05) is 37.5 Å². The molecule has 32 heavy (non-hydrogen) atoms. The van der Waals surface area contributed by atoms with Crippen LogP contribution in [0.1, 0.15) is 45.4 Å². The van der Waals surface area contributed by atoms with Crippen molar-refractivity contribution in [3.63, 3.8) is 0 Å². The van der Waals surface area contributed by atoms with Crippen molar-refractivity contribution in [2.75, 3.05) is 50.1 Å². The van der Waals surface area contributed by atoms with Gasteiger partial charge in [-0.05, 0) is 50.1 Å². The average molecular weight is 455 g/mol. The molecule has 3 heterocycles. The van der Waals surface area contributed by atoms with E-state index in [2.05, 4.69) is 34.2 Å². The Balaban J connectivity index is 1.45. The fourth-order valence-corrected chi connectivity index (χ4v) is 5.82. The highest BCUT2D eigenvalue weighted by atomic mass is 32.1. The van der Waals surface area contributed by atoms with Crippen molar-refractivity contribution in [3.8, 4) is 17.0 Å². The van der Waals surface area contributed by atoms with Crippen LogP contribution in [0.2, 0.25) is 0 Å². The van der Waals surface area contributed by atoms with Gasteiger partial charge in [-0.3, -0.25) is 4.90 Å². The van der Waals surface area contributed by atoms with Gasteiger partial charge in [0, 0.05) is 37.8 Å². The van der Waals surface area contributed by atoms with Crippen LogP contribution in [0.4, 0.5) is 10.9 Å². The van der Waals surface area contributed by atoms with E-state index in [1.807, 2.05) is 16.6 Å². The van der Waals surface area contributed by atoms with E-state index < -0.39 is 0 Å². The van der Waals surface area contributed by atoms with E-state index in [1.54, 1.807) is 18.4 Å². The lowest BCUT2D eigenvalue weighted by molar-refractivity contribution is 0.258. The number of hydrogen-bond acceptors (Lipinski definition) is 7. The molecule has 0 amide bonds. The third-order valence-corrected chi connectivity index (χ3v) is 7.65. The Morgan fingerprint density at radius 3 is 2.50 bits per heavy atom. The van der Waals surface area contributed by atoms with E-state index >= 15 is 0 Å². The molecule has 1 N–H and O–H groups in total. The van der Waals surface area contributed by atoms with Crippen molar-refractivity contribution in [3.05, 3.63) is 24.3 Å². The number of aromatic nitrogens is 3. The molecule has 7 nitrogen and oxygen atoms in total. The Morgan fingerprint density at radius 2 is 1.81 bits per heavy atom. The number of imidazole rings is 1. The normalized spacial score (nSPS) is 18.4. The Morgan fingerprint density at radius 1 is 1.06 bits per heavy atom. The lowest BCUT2D eigenvalue weighted by Crippen LogP contribution is -2.46. The second-order valence-electron chi connectivity index (χ2n) is 8.92. The van der Waals surface area contributed by atoms with Crippen LogP contribution in [0, 0.1) is 0 Å². The van der Waals surface area contributed by atoms with E-state index in [4.69, 9.17) is 14.8 Å². The van der Waals surface area contributed by atoms with Gasteiger partial charge in [0.05, 0.1) is 7.11 Å². The fraction of sp³-hybridized carbons (Fsp3) is 0.583. The fourth-order valence-electron chi connectivity index (χ4n) is 4.87. The Bertz CT molecular complexity index is 1020. The predicted molar refractivity (Wildman–Crippen MR) is 132 cm³/mol. The highest BCUT2D eigenvalue weighted by Crippen LogP contribution is 2.35. The summed E-state index contributed by atoms with van der Waals surface area (Å²) in [7, 11) is 1.70. The molecule has 1 aliphatic heterocycles. The first-order chi connectivity index (χ1) is 15.7. The van der Waals surface area contributed by atoms with Gasteiger partial charge in [-0.25, -0.2) is 4.98 Å². The summed E-state index contributed by atoms with van der Waals surface area (Å²) in [5.41, 5.74) is 2.08. The summed E-state index contributed by atoms with van der Waals surface area (Å²) in [6.07, 6.45) is 7.58. The zero-order valence-electron chi connectivity index (χ0n) is 19.2. The van der Waals surface area contributed by atoms with Crippen LogP contribution in [0.15, 0.2) is 24.3 Å². The highest BCUT2D eigenvalue weighted by molar-refractivity contribution is 7.20. The number of anilines is 2. The first kappa shape index (κ1) is 21.5. The quantitative estimate of drug-likeness (QED) is 0.556. The standard InChI is InChI=1S/C24H34N6OS/c1-3-13-28-14-16-29(17-15-28)24-27-30-22(25-19-7-5-4-6-8-19)21(26-23(30)32-24)18-9-11-20(31-2)12-10-18/h9-12,19,25H,3-8,13-17H2,1-2H3. The van der Waals surface area contributed by atoms with Crippen LogP contribution in [0.3, 0.4) is 0 Å². The molecule has 8 heteroatoms. The number of nitrogens with zero attached hydrogens (tertiary/aromatic N) is 5. The van der Waals surface area contributed by atoms with E-state index in [0.717, 1.165) is 59.1 Å². The number of nitrogens with one attached hydrogen (secondary N) is 1. The Labute approximate surface area is 194 Å². The van der Waals surface area contributed by atoms with Crippen molar-refractivity contribution >= 4 is 27.2 Å². The lowest BCUT2D eigenvalue weighted by atomic mass is 9.95. The molecule has 3 aromatic rings. The molecule has 2 fully saturated rings. The number of fused-ring (bicyclic) bond motifs is 1. The largest absolute Gasteiger partial charge is 0.497 e. The molecule has 0 radical (unpaired) electrons. The van der Waals surface area contributed by atoms with Crippen molar-refractivity contribution in [2.45, 2.75) is 51.5 Å². The monoisotopic (exact) mass is 454 g/mol. The summed E-state index contributed by atoms with van der Waals surface area (Å²) < 4.78 is 7.39. The molecular weight excluding hydrogens is 420 g/mol. The molecule has 0 spiro atoms. The molecule has 1 saturated heterocycles. The molecule has 1 aromatic carbocycles. The maximum Gasteiger partial charge on any atom is 0.216 e. The molecular formula is C24H34N6OS. The maximum absolute atomic E-state index is 5.35. The third-order valence-electron chi connectivity index (χ3n) is 6.68. The van der Waals surface area contributed by atoms with Crippen LogP contribution in [-0.2, 0) is 0 Å². The summed E-state index contributed by atoms with van der Waals surface area (Å²) in [5, 5.41) is 9.95. The molecule has 2 aromatic heterocycles. The van der Waals surface area contributed by atoms with Gasteiger partial charge in [-0.15, -0.1) is 5.10 Å². The van der Waals surface area contributed by atoms with E-state index in [9.17, 15) is 0 Å². The third kappa shape index (κ3) is 4.43. The van der Waals surface area contributed by atoms with Gasteiger partial charge in [0.2, 0.25) is 10.1 Å². The molecule has 0 unspecified atom stereocenters. The van der Waals surface area contributed by atoms with Gasteiger partial charge in [0.1, 0.15) is 11.4 Å². The summed E-state index contributed by atoms with van der Waals surface area (Å²) in [5.74, 6) is 1.89. The second kappa shape index (κ2) is 9.67. The minimum Gasteiger partial charge on any atom is -0.497 e. The molecule has 172 valence electrons. The van der Waals surface area contributed by atoms with Crippen LogP contribution >= 0.6 is 11.3 Å². The zero-order chi connectivity index (χ0) is 21.9. The van der Waals surface area contributed by atoms with Gasteiger partial charge in [0.25, 0.3) is 0 Å². The van der Waals surface area contributed by atoms with E-state index in [0.29, 0.717) is 6.04 Å². The molecule has 5 rings (SSSR count). The number of piperazine rings is 1. The molecule has 1 aliphatic carbocycles. The maximum atomic E-state index is 5.35. The van der Waals surface area contributed by atoms with Crippen LogP contribution < -0.4 is 15.0 Å². The van der Waals surface area contributed by atoms with Crippen molar-refractivity contribution in [1.29, 1.82) is 0 Å². The topological polar surface area (TPSA) is 57.9 Å². The number of methoxy groups -OCH3 is 1. The minimum atomic E-state index is 0.489. The number of hydrogen-bond donors (Lipinski definition) is 1. The van der Waals surface area contributed by atoms with E-state index in [1.165, 1.54) is 45.1 Å². The number of rotatable bonds is 7. The van der Waals surface area contributed by atoms with Crippen LogP contribution in [0.5, 0.6) is 5.75 Å². The van der Waals surface area contributed by atoms with Gasteiger partial charge in [-0.2, -0.15) is 4.52 Å². The molecule has 1 saturated carbocycles. The zero-order valence-corrected chi connectivity index (χ0v) is 20.0. The highest BCUT2D eigenvalue weighted by Gasteiger charge is 2.25. The van der Waals surface area contributed by atoms with Gasteiger partial charge >= 0.3 is 0 Å². The van der Waals surface area contributed by atoms with Crippen LogP contribution in [-0.4, -0.2) is 65.4 Å². The summed E-state index contributed by atoms with van der Waals surface area (Å²) >= 11 is 1.70. The number of ether oxygens (including phenoxy) is 1. The summed E-state index contributed by atoms with van der Waals surface area (Å²) in [6, 6.07) is 8.67. The SMILES string of the molecule is CCCN1CCN(c2nn3c(NC4CCCCC4)c(-c4ccc(OC)cc4)nc3s2)CC1. The second-order valence-corrected chi connectivity index (χ2v) is 9.86. The van der Waals surface area contributed by atoms with Gasteiger partial charge < -0.3 is 15.0 Å². The first-order valence-electron chi connectivity index (χ1n) is 12.0. The lowest BCUT2D eigenvalue weighted by Gasteiger charge is -2.34. The summed E-state index contributed by atoms with van der Waals surface area (Å²) in [6.45, 7) is 7.74. The first-order valence-corrected chi connectivity index (χ1v) is 12.8. The van der Waals surface area contributed by atoms with E-state index in [-0.39, 0.29) is 0 Å². The van der Waals surface area contributed by atoms with Crippen molar-refractivity contribution < 1.29 is 4.74 Å². The summed E-state index contributed by atoms with van der Waals surface area (Å²) in [4.78, 5) is 11.0. The minimum absolute atomic E-state index is 0.489. The average Bonchev–Trinajstić information content (AvgIpc) is 3.40. The van der Waals surface area contributed by atoms with Gasteiger partial charge in [0.15, 0.2) is 5.82 Å². The molecule has 2 aliphatic rings. The smallest absolute Gasteiger partial charge is 0.216 e. The number of benzene rings is 1. The Hall–Kier alpha value is -2.32. The van der Waals surface area contributed by atoms with Crippen molar-refractivity contribution in [2.24, 2.45) is 0 Å². The van der Waals surface area contributed by atoms with Crippen molar-refractivity contribution in [1.82, 2.24) is 19.5 Å². The molecule has 0 bridgehead atoms. The molecule has 0 atom stereocenters.